The first-order chi connectivity index (χ1) is 21.2. The fourth-order valence-electron chi connectivity index (χ4n) is 7.10. The van der Waals surface area contributed by atoms with E-state index in [1.807, 2.05) is 18.2 Å². The van der Waals surface area contributed by atoms with E-state index < -0.39 is 25.2 Å². The van der Waals surface area contributed by atoms with Crippen molar-refractivity contribution in [2.24, 2.45) is 29.6 Å². The zero-order valence-electron chi connectivity index (χ0n) is 30.3. The molecule has 55 heavy (non-hydrogen) atoms. The molecule has 1 aromatic rings. The Balaban J connectivity index is -0.0000000688. The molecular formula is C34H66Cu6N2O13. The summed E-state index contributed by atoms with van der Waals surface area (Å²) in [5.74, 6) is 0.231. The standard InChI is InChI=1S/C9H16N.C9H8N.2C8H16O4.6Cu.5H2O/c2*1-2-6-9-8(4-1)5-3-7-10-9;2*9-7(10)5-2-1-3-6(4-5)8(11)12;;;;;;;;;;;/h8-9H,1-7H2;1-6H,7H2;2*5-12H,1-4H2;;;;;;;5*1H2/q2*-1;;;;;;;2*+1;;;;;. The molecule has 5 aliphatic rings. The van der Waals surface area contributed by atoms with Crippen molar-refractivity contribution in [1.82, 2.24) is 0 Å². The number of aliphatic hydroxyl groups is 8. The maximum Gasteiger partial charge on any atom is 1.00 e. The number of piperidine rings is 1. The van der Waals surface area contributed by atoms with Crippen molar-refractivity contribution < 1.29 is 171 Å². The van der Waals surface area contributed by atoms with Gasteiger partial charge in [0.2, 0.25) is 0 Å². The smallest absolute Gasteiger partial charge is 0.681 e. The van der Waals surface area contributed by atoms with Crippen molar-refractivity contribution in [3.8, 4) is 0 Å². The SMILES string of the molecule is C1=Cc2ccccc2[N-]C1.C1CCC2[N-]CCCC2C1.O.O.O.O.O.OC(O)C1CCCC(C(O)O)C1.OC(O)C1CCCC(C(O)O)C1.[Cu+].[Cu+].[Cu].[Cu].[Cu].[Cu]. The van der Waals surface area contributed by atoms with Gasteiger partial charge in [-0.3, -0.25) is 0 Å². The van der Waals surface area contributed by atoms with Gasteiger partial charge in [-0.05, 0) is 44.1 Å². The van der Waals surface area contributed by atoms with Crippen LogP contribution in [0.3, 0.4) is 0 Å². The largest absolute Gasteiger partial charge is 1.00 e. The fraction of sp³-hybridized carbons (Fsp3) is 0.765. The summed E-state index contributed by atoms with van der Waals surface area (Å²) in [5, 5.41) is 79.9. The third kappa shape index (κ3) is 29.3. The zero-order chi connectivity index (χ0) is 31.9. The molecule has 0 amide bonds. The quantitative estimate of drug-likeness (QED) is 0.151. The van der Waals surface area contributed by atoms with Gasteiger partial charge in [0.05, 0.1) is 0 Å². The molecule has 0 aromatic heterocycles. The molecule has 356 valence electrons. The summed E-state index contributed by atoms with van der Waals surface area (Å²) in [7, 11) is 0. The van der Waals surface area contributed by atoms with E-state index in [0.29, 0.717) is 12.8 Å². The molecular weight excluding hydrogens is 1030 g/mol. The summed E-state index contributed by atoms with van der Waals surface area (Å²) in [4.78, 5) is 0. The predicted molar refractivity (Wildman–Crippen MR) is 188 cm³/mol. The molecule has 15 nitrogen and oxygen atoms in total. The second-order valence-electron chi connectivity index (χ2n) is 13.0. The fourth-order valence-corrected chi connectivity index (χ4v) is 7.10. The monoisotopic (exact) mass is 1090 g/mol. The summed E-state index contributed by atoms with van der Waals surface area (Å²) in [6.45, 7) is 1.98. The Hall–Kier alpha value is 1.32. The van der Waals surface area contributed by atoms with Gasteiger partial charge in [0.25, 0.3) is 0 Å². The van der Waals surface area contributed by atoms with Crippen LogP contribution in [0.15, 0.2) is 30.3 Å². The number of benzene rings is 1. The van der Waals surface area contributed by atoms with Gasteiger partial charge in [0.15, 0.2) is 25.2 Å². The first kappa shape index (κ1) is 77.0. The van der Waals surface area contributed by atoms with Crippen LogP contribution in [-0.2, 0) is 102 Å². The summed E-state index contributed by atoms with van der Waals surface area (Å²) in [6.07, 6.45) is 13.3. The molecule has 4 radical (unpaired) electrons. The van der Waals surface area contributed by atoms with Crippen molar-refractivity contribution in [2.45, 2.75) is 121 Å². The predicted octanol–water partition coefficient (Wildman–Crippen LogP) is 0.121. The molecule has 0 bridgehead atoms. The molecule has 1 aromatic carbocycles. The van der Waals surface area contributed by atoms with Gasteiger partial charge < -0.3 is 78.9 Å². The minimum atomic E-state index is -1.31. The first-order valence-corrected chi connectivity index (χ1v) is 16.7. The van der Waals surface area contributed by atoms with E-state index in [2.05, 4.69) is 28.9 Å². The topological polar surface area (TPSA) is 348 Å². The molecule has 1 saturated heterocycles. The van der Waals surface area contributed by atoms with Crippen LogP contribution < -0.4 is 0 Å². The van der Waals surface area contributed by atoms with Gasteiger partial charge in [0, 0.05) is 91.9 Å². The third-order valence-corrected chi connectivity index (χ3v) is 9.76. The maximum atomic E-state index is 8.87. The van der Waals surface area contributed by atoms with Crippen molar-refractivity contribution in [3.05, 3.63) is 46.5 Å². The van der Waals surface area contributed by atoms with Crippen LogP contribution in [0.2, 0.25) is 0 Å². The average molecular weight is 1090 g/mol. The summed E-state index contributed by atoms with van der Waals surface area (Å²) in [6, 6.07) is 8.95. The van der Waals surface area contributed by atoms with Crippen LogP contribution >= 0.6 is 0 Å². The second kappa shape index (κ2) is 43.4. The van der Waals surface area contributed by atoms with Gasteiger partial charge in [-0.25, -0.2) is 0 Å². The molecule has 0 spiro atoms. The van der Waals surface area contributed by atoms with E-state index in [0.717, 1.165) is 69.3 Å². The molecule has 6 rings (SSSR count). The Morgan fingerprint density at radius 1 is 0.509 bits per heavy atom. The Morgan fingerprint density at radius 3 is 1.31 bits per heavy atom. The van der Waals surface area contributed by atoms with E-state index in [-0.39, 0.29) is 153 Å². The average Bonchev–Trinajstić information content (AvgIpc) is 3.06. The number of rotatable bonds is 4. The van der Waals surface area contributed by atoms with E-state index in [9.17, 15) is 0 Å². The molecule has 3 saturated carbocycles. The Labute approximate surface area is 389 Å². The summed E-state index contributed by atoms with van der Waals surface area (Å²) >= 11 is 0. The van der Waals surface area contributed by atoms with Gasteiger partial charge >= 0.3 is 34.1 Å². The second-order valence-corrected chi connectivity index (χ2v) is 13.0. The van der Waals surface area contributed by atoms with Crippen molar-refractivity contribution in [2.75, 3.05) is 13.1 Å². The van der Waals surface area contributed by atoms with Gasteiger partial charge in [-0.2, -0.15) is 0 Å². The zero-order valence-corrected chi connectivity index (χ0v) is 36.0. The molecule has 4 fully saturated rings. The first-order valence-electron chi connectivity index (χ1n) is 16.7. The number of aliphatic hydroxyl groups excluding tert-OH is 4. The third-order valence-electron chi connectivity index (χ3n) is 9.76. The van der Waals surface area contributed by atoms with Crippen LogP contribution in [0.1, 0.15) is 95.5 Å². The van der Waals surface area contributed by atoms with E-state index in [1.54, 1.807) is 0 Å². The summed E-state index contributed by atoms with van der Waals surface area (Å²) in [5.41, 5.74) is 2.35. The van der Waals surface area contributed by atoms with Crippen molar-refractivity contribution in [1.29, 1.82) is 0 Å². The number of nitrogens with zero attached hydrogens (tertiary/aromatic N) is 2. The maximum absolute atomic E-state index is 8.87. The summed E-state index contributed by atoms with van der Waals surface area (Å²) < 4.78 is 0. The molecule has 6 atom stereocenters. The van der Waals surface area contributed by atoms with Crippen LogP contribution in [0, 0.1) is 29.6 Å². The molecule has 2 aliphatic heterocycles. The van der Waals surface area contributed by atoms with Crippen molar-refractivity contribution >= 4 is 11.8 Å². The Bertz CT molecular complexity index is 896. The normalized spacial score (nSPS) is 23.7. The van der Waals surface area contributed by atoms with Gasteiger partial charge in [-0.15, -0.1) is 30.9 Å². The van der Waals surface area contributed by atoms with Gasteiger partial charge in [0.1, 0.15) is 0 Å². The van der Waals surface area contributed by atoms with Crippen LogP contribution in [-0.4, -0.2) is 113 Å². The molecule has 21 heteroatoms. The molecule has 6 unspecified atom stereocenters. The van der Waals surface area contributed by atoms with E-state index in [1.165, 1.54) is 44.1 Å². The van der Waals surface area contributed by atoms with Gasteiger partial charge in [-0.1, -0.05) is 87.6 Å². The van der Waals surface area contributed by atoms with E-state index in [4.69, 9.17) is 40.9 Å². The number of hydrogen-bond donors (Lipinski definition) is 8. The Kier molecular flexibility index (Phi) is 60.7. The molecule has 3 aliphatic carbocycles. The number of para-hydroxylation sites is 1. The van der Waals surface area contributed by atoms with Crippen LogP contribution in [0.4, 0.5) is 5.69 Å². The minimum absolute atomic E-state index is 0. The Morgan fingerprint density at radius 2 is 0.909 bits per heavy atom. The molecule has 18 N–H and O–H groups in total. The number of hydrogen-bond acceptors (Lipinski definition) is 8. The minimum Gasteiger partial charge on any atom is -0.681 e. The van der Waals surface area contributed by atoms with E-state index >= 15 is 0 Å². The van der Waals surface area contributed by atoms with Crippen molar-refractivity contribution in [3.63, 3.8) is 0 Å². The van der Waals surface area contributed by atoms with Crippen LogP contribution in [0.5, 0.6) is 0 Å². The van der Waals surface area contributed by atoms with Crippen LogP contribution in [0.25, 0.3) is 16.7 Å². The molecule has 2 heterocycles. The number of fused-ring (bicyclic) bond motifs is 2.